The lowest BCUT2D eigenvalue weighted by Gasteiger charge is -2.44. The van der Waals surface area contributed by atoms with E-state index < -0.39 is 11.6 Å². The first-order chi connectivity index (χ1) is 9.79. The van der Waals surface area contributed by atoms with Gasteiger partial charge in [0.1, 0.15) is 5.82 Å². The largest absolute Gasteiger partial charge is 0.465 e. The van der Waals surface area contributed by atoms with Gasteiger partial charge in [0.25, 0.3) is 0 Å². The molecule has 1 fully saturated rings. The predicted octanol–water partition coefficient (Wildman–Crippen LogP) is 2.41. The molecule has 1 unspecified atom stereocenters. The van der Waals surface area contributed by atoms with Crippen LogP contribution in [0.15, 0.2) is 18.3 Å². The van der Waals surface area contributed by atoms with E-state index in [2.05, 4.69) is 9.88 Å². The van der Waals surface area contributed by atoms with Gasteiger partial charge >= 0.3 is 6.09 Å². The number of piperidine rings is 1. The Morgan fingerprint density at radius 3 is 2.71 bits per heavy atom. The highest BCUT2D eigenvalue weighted by atomic mass is 16.4. The van der Waals surface area contributed by atoms with Crippen molar-refractivity contribution in [3.8, 4) is 0 Å². The van der Waals surface area contributed by atoms with E-state index >= 15 is 0 Å². The molecule has 1 aromatic rings. The molecule has 1 aromatic heterocycles. The van der Waals surface area contributed by atoms with Crippen molar-refractivity contribution in [2.45, 2.75) is 45.2 Å². The second-order valence-corrected chi connectivity index (χ2v) is 6.52. The summed E-state index contributed by atoms with van der Waals surface area (Å²) in [7, 11) is 0. The number of amides is 1. The van der Waals surface area contributed by atoms with Crippen LogP contribution in [0.25, 0.3) is 0 Å². The molecular formula is C15H24N4O2. The molecule has 0 aromatic carbocycles. The van der Waals surface area contributed by atoms with Gasteiger partial charge in [-0.2, -0.15) is 0 Å². The van der Waals surface area contributed by atoms with E-state index in [0.717, 1.165) is 25.2 Å². The molecule has 0 radical (unpaired) electrons. The number of hydrogen-bond donors (Lipinski definition) is 2. The van der Waals surface area contributed by atoms with Gasteiger partial charge in [-0.25, -0.2) is 9.78 Å². The Kier molecular flexibility index (Phi) is 4.25. The molecule has 3 N–H and O–H groups in total. The Morgan fingerprint density at radius 2 is 2.19 bits per heavy atom. The maximum absolute atomic E-state index is 11.6. The Balaban J connectivity index is 2.16. The van der Waals surface area contributed by atoms with Gasteiger partial charge in [0.05, 0.1) is 17.9 Å². The van der Waals surface area contributed by atoms with E-state index in [1.807, 2.05) is 32.9 Å². The van der Waals surface area contributed by atoms with E-state index in [1.54, 1.807) is 11.1 Å². The second kappa shape index (κ2) is 5.79. The molecule has 0 aliphatic carbocycles. The van der Waals surface area contributed by atoms with Gasteiger partial charge in [-0.15, -0.1) is 0 Å². The first-order valence-corrected chi connectivity index (χ1v) is 7.28. The standard InChI is InChI=1S/C15H24N4O2/c1-15(2,3)19(14(20)21)12-5-4-8-18(10-12)13-7-6-11(16)9-17-13/h6-7,9,12H,4-5,8,10,16H2,1-3H3,(H,20,21). The number of rotatable bonds is 2. The van der Waals surface area contributed by atoms with Crippen LogP contribution in [-0.2, 0) is 0 Å². The molecule has 21 heavy (non-hydrogen) atoms. The average molecular weight is 292 g/mol. The third-order valence-corrected chi connectivity index (χ3v) is 3.79. The molecule has 0 spiro atoms. The minimum atomic E-state index is -0.861. The highest BCUT2D eigenvalue weighted by molar-refractivity contribution is 5.66. The van der Waals surface area contributed by atoms with Crippen molar-refractivity contribution in [1.29, 1.82) is 0 Å². The van der Waals surface area contributed by atoms with Crippen molar-refractivity contribution in [2.75, 3.05) is 23.7 Å². The minimum Gasteiger partial charge on any atom is -0.465 e. The lowest BCUT2D eigenvalue weighted by atomic mass is 9.97. The smallest absolute Gasteiger partial charge is 0.408 e. The monoisotopic (exact) mass is 292 g/mol. The first kappa shape index (κ1) is 15.4. The lowest BCUT2D eigenvalue weighted by Crippen LogP contribution is -2.57. The number of carbonyl (C=O) groups is 1. The highest BCUT2D eigenvalue weighted by Gasteiger charge is 2.35. The predicted molar refractivity (Wildman–Crippen MR) is 83.5 cm³/mol. The van der Waals surface area contributed by atoms with E-state index in [9.17, 15) is 9.90 Å². The Bertz CT molecular complexity index is 495. The Morgan fingerprint density at radius 1 is 1.48 bits per heavy atom. The summed E-state index contributed by atoms with van der Waals surface area (Å²) in [6, 6.07) is 3.69. The summed E-state index contributed by atoms with van der Waals surface area (Å²) in [6.07, 6.45) is 2.61. The van der Waals surface area contributed by atoms with Crippen LogP contribution in [0.3, 0.4) is 0 Å². The van der Waals surface area contributed by atoms with Crippen molar-refractivity contribution in [2.24, 2.45) is 0 Å². The molecule has 1 aliphatic heterocycles. The van der Waals surface area contributed by atoms with Gasteiger partial charge in [0.15, 0.2) is 0 Å². The Labute approximate surface area is 125 Å². The fourth-order valence-electron chi connectivity index (χ4n) is 2.95. The van der Waals surface area contributed by atoms with Crippen LogP contribution in [-0.4, -0.2) is 45.8 Å². The lowest BCUT2D eigenvalue weighted by molar-refractivity contribution is 0.0647. The van der Waals surface area contributed by atoms with Crippen LogP contribution >= 0.6 is 0 Å². The third-order valence-electron chi connectivity index (χ3n) is 3.79. The fourth-order valence-corrected chi connectivity index (χ4v) is 2.95. The van der Waals surface area contributed by atoms with Crippen molar-refractivity contribution in [3.05, 3.63) is 18.3 Å². The molecule has 1 saturated heterocycles. The van der Waals surface area contributed by atoms with Gasteiger partial charge in [-0.1, -0.05) is 0 Å². The molecule has 0 bridgehead atoms. The zero-order valence-electron chi connectivity index (χ0n) is 12.9. The zero-order chi connectivity index (χ0) is 15.6. The van der Waals surface area contributed by atoms with Crippen LogP contribution in [0.5, 0.6) is 0 Å². The number of pyridine rings is 1. The van der Waals surface area contributed by atoms with Crippen LogP contribution in [0, 0.1) is 0 Å². The van der Waals surface area contributed by atoms with E-state index in [0.29, 0.717) is 12.2 Å². The fraction of sp³-hybridized carbons (Fsp3) is 0.600. The molecule has 1 amide bonds. The van der Waals surface area contributed by atoms with Crippen molar-refractivity contribution < 1.29 is 9.90 Å². The maximum Gasteiger partial charge on any atom is 0.408 e. The average Bonchev–Trinajstić information content (AvgIpc) is 2.37. The maximum atomic E-state index is 11.6. The van der Waals surface area contributed by atoms with Gasteiger partial charge in [-0.05, 0) is 45.7 Å². The molecule has 116 valence electrons. The normalized spacial score (nSPS) is 19.4. The number of nitrogens with zero attached hydrogens (tertiary/aromatic N) is 3. The van der Waals surface area contributed by atoms with E-state index in [-0.39, 0.29) is 6.04 Å². The van der Waals surface area contributed by atoms with Crippen molar-refractivity contribution >= 4 is 17.6 Å². The van der Waals surface area contributed by atoms with Crippen LogP contribution in [0.1, 0.15) is 33.6 Å². The van der Waals surface area contributed by atoms with E-state index in [1.165, 1.54) is 0 Å². The topological polar surface area (TPSA) is 82.7 Å². The summed E-state index contributed by atoms with van der Waals surface area (Å²) >= 11 is 0. The summed E-state index contributed by atoms with van der Waals surface area (Å²) in [4.78, 5) is 19.6. The van der Waals surface area contributed by atoms with Gasteiger partial charge in [-0.3, -0.25) is 4.90 Å². The van der Waals surface area contributed by atoms with E-state index in [4.69, 9.17) is 5.73 Å². The first-order valence-electron chi connectivity index (χ1n) is 7.28. The third kappa shape index (κ3) is 3.56. The molecule has 0 saturated carbocycles. The molecule has 6 heteroatoms. The second-order valence-electron chi connectivity index (χ2n) is 6.52. The molecule has 1 aliphatic rings. The SMILES string of the molecule is CC(C)(C)N(C(=O)O)C1CCCN(c2ccc(N)cn2)C1. The summed E-state index contributed by atoms with van der Waals surface area (Å²) in [5.41, 5.74) is 5.89. The summed E-state index contributed by atoms with van der Waals surface area (Å²) in [6.45, 7) is 7.36. The number of hydrogen-bond acceptors (Lipinski definition) is 4. The van der Waals surface area contributed by atoms with Gasteiger partial charge < -0.3 is 15.7 Å². The van der Waals surface area contributed by atoms with Gasteiger partial charge in [0.2, 0.25) is 0 Å². The summed E-state index contributed by atoms with van der Waals surface area (Å²) in [5.74, 6) is 0.855. The molecular weight excluding hydrogens is 268 g/mol. The number of aromatic nitrogens is 1. The number of anilines is 2. The highest BCUT2D eigenvalue weighted by Crippen LogP contribution is 2.26. The molecule has 2 rings (SSSR count). The minimum absolute atomic E-state index is 0.0180. The van der Waals surface area contributed by atoms with Crippen LogP contribution < -0.4 is 10.6 Å². The van der Waals surface area contributed by atoms with Crippen LogP contribution in [0.4, 0.5) is 16.3 Å². The molecule has 2 heterocycles. The number of nitrogens with two attached hydrogens (primary N) is 1. The number of carboxylic acid groups (broad SMARTS) is 1. The van der Waals surface area contributed by atoms with Gasteiger partial charge in [0, 0.05) is 18.6 Å². The molecule has 6 nitrogen and oxygen atoms in total. The zero-order valence-corrected chi connectivity index (χ0v) is 12.9. The quantitative estimate of drug-likeness (QED) is 0.874. The van der Waals surface area contributed by atoms with Crippen molar-refractivity contribution in [3.63, 3.8) is 0 Å². The van der Waals surface area contributed by atoms with Crippen LogP contribution in [0.2, 0.25) is 0 Å². The number of nitrogen functional groups attached to an aromatic ring is 1. The summed E-state index contributed by atoms with van der Waals surface area (Å²) in [5, 5.41) is 9.53. The Hall–Kier alpha value is -1.98. The van der Waals surface area contributed by atoms with Crippen molar-refractivity contribution in [1.82, 2.24) is 9.88 Å². The molecule has 1 atom stereocenters. The summed E-state index contributed by atoms with van der Waals surface area (Å²) < 4.78 is 0.